The lowest BCUT2D eigenvalue weighted by atomic mass is 9.76. The third-order valence-corrected chi connectivity index (χ3v) is 4.38. The minimum Gasteiger partial charge on any atom is -0.351 e. The first-order chi connectivity index (χ1) is 8.67. The molecule has 1 atom stereocenters. The summed E-state index contributed by atoms with van der Waals surface area (Å²) in [5.74, 6) is 0.0538. The molecule has 1 aromatic rings. The molecule has 1 amide bonds. The molecule has 1 aromatic carbocycles. The maximum absolute atomic E-state index is 12.1. The number of nitrogens with two attached hydrogens (primary N) is 1. The van der Waals surface area contributed by atoms with Crippen molar-refractivity contribution in [2.45, 2.75) is 50.1 Å². The summed E-state index contributed by atoms with van der Waals surface area (Å²) in [5.41, 5.74) is 8.27. The maximum atomic E-state index is 12.1. The molecule has 1 unspecified atom stereocenters. The molecule has 3 N–H and O–H groups in total. The van der Waals surface area contributed by atoms with Crippen LogP contribution in [0.5, 0.6) is 0 Å². The molecule has 0 bridgehead atoms. The van der Waals surface area contributed by atoms with Gasteiger partial charge in [-0.3, -0.25) is 4.79 Å². The Hall–Kier alpha value is -1.06. The van der Waals surface area contributed by atoms with Crippen LogP contribution in [0.15, 0.2) is 24.3 Å². The van der Waals surface area contributed by atoms with Crippen LogP contribution >= 0.6 is 12.4 Å². The van der Waals surface area contributed by atoms with Crippen molar-refractivity contribution < 1.29 is 4.79 Å². The normalized spacial score (nSPS) is 23.5. The number of rotatable bonds is 2. The van der Waals surface area contributed by atoms with E-state index in [0.29, 0.717) is 0 Å². The third kappa shape index (κ3) is 2.77. The van der Waals surface area contributed by atoms with Gasteiger partial charge in [-0.15, -0.1) is 12.4 Å². The minimum atomic E-state index is -0.572. The standard InChI is InChI=1S/C15H20N2O.ClH/c16-15(8-3-9-15)14(18)17-13-7-6-11-4-1-2-5-12(11)10-13;/h1-2,4-5,13H,3,6-10,16H2,(H,17,18);1H. The van der Waals surface area contributed by atoms with Crippen LogP contribution in [0.1, 0.15) is 36.8 Å². The number of fused-ring (bicyclic) bond motifs is 1. The average molecular weight is 281 g/mol. The number of aryl methyl sites for hydroxylation is 1. The van der Waals surface area contributed by atoms with Gasteiger partial charge in [-0.1, -0.05) is 24.3 Å². The highest BCUT2D eigenvalue weighted by Gasteiger charge is 2.40. The fourth-order valence-electron chi connectivity index (χ4n) is 2.93. The molecule has 0 saturated heterocycles. The zero-order chi connectivity index (χ0) is 12.6. The highest BCUT2D eigenvalue weighted by Crippen LogP contribution is 2.30. The average Bonchev–Trinajstić information content (AvgIpc) is 2.35. The van der Waals surface area contributed by atoms with Crippen LogP contribution in [0.4, 0.5) is 0 Å². The van der Waals surface area contributed by atoms with Crippen LogP contribution in [0.25, 0.3) is 0 Å². The maximum Gasteiger partial charge on any atom is 0.240 e. The van der Waals surface area contributed by atoms with E-state index in [1.165, 1.54) is 11.1 Å². The molecule has 3 nitrogen and oxygen atoms in total. The molecule has 19 heavy (non-hydrogen) atoms. The van der Waals surface area contributed by atoms with Gasteiger partial charge >= 0.3 is 0 Å². The number of benzene rings is 1. The first-order valence-electron chi connectivity index (χ1n) is 6.84. The zero-order valence-electron chi connectivity index (χ0n) is 11.0. The first-order valence-corrected chi connectivity index (χ1v) is 6.84. The van der Waals surface area contributed by atoms with Crippen molar-refractivity contribution in [1.82, 2.24) is 5.32 Å². The second-order valence-corrected chi connectivity index (χ2v) is 5.69. The summed E-state index contributed by atoms with van der Waals surface area (Å²) < 4.78 is 0. The van der Waals surface area contributed by atoms with Crippen molar-refractivity contribution >= 4 is 18.3 Å². The Labute approximate surface area is 120 Å². The number of hydrogen-bond donors (Lipinski definition) is 2. The van der Waals surface area contributed by atoms with E-state index < -0.39 is 5.54 Å². The molecule has 1 fully saturated rings. The van der Waals surface area contributed by atoms with Gasteiger partial charge in [0, 0.05) is 6.04 Å². The Morgan fingerprint density at radius 2 is 1.95 bits per heavy atom. The topological polar surface area (TPSA) is 55.1 Å². The molecule has 2 aliphatic carbocycles. The van der Waals surface area contributed by atoms with Gasteiger partial charge in [-0.25, -0.2) is 0 Å². The predicted molar refractivity (Wildman–Crippen MR) is 78.4 cm³/mol. The molecule has 104 valence electrons. The van der Waals surface area contributed by atoms with E-state index in [9.17, 15) is 4.79 Å². The van der Waals surface area contributed by atoms with E-state index in [2.05, 4.69) is 29.6 Å². The molecule has 1 saturated carbocycles. The number of carbonyl (C=O) groups excluding carboxylic acids is 1. The molecule has 0 radical (unpaired) electrons. The van der Waals surface area contributed by atoms with Crippen molar-refractivity contribution in [3.63, 3.8) is 0 Å². The van der Waals surface area contributed by atoms with Crippen LogP contribution < -0.4 is 11.1 Å². The van der Waals surface area contributed by atoms with Crippen molar-refractivity contribution in [2.75, 3.05) is 0 Å². The highest BCUT2D eigenvalue weighted by molar-refractivity contribution is 5.87. The second kappa shape index (κ2) is 5.51. The molecule has 0 spiro atoms. The summed E-state index contributed by atoms with van der Waals surface area (Å²) in [6.07, 6.45) is 5.78. The van der Waals surface area contributed by atoms with Crippen LogP contribution in [-0.4, -0.2) is 17.5 Å². The third-order valence-electron chi connectivity index (χ3n) is 4.38. The van der Waals surface area contributed by atoms with Gasteiger partial charge in [0.05, 0.1) is 5.54 Å². The van der Waals surface area contributed by atoms with Crippen molar-refractivity contribution in [1.29, 1.82) is 0 Å². The SMILES string of the molecule is Cl.NC1(C(=O)NC2CCc3ccccc3C2)CCC1. The molecule has 0 aromatic heterocycles. The summed E-state index contributed by atoms with van der Waals surface area (Å²) in [5, 5.41) is 3.14. The van der Waals surface area contributed by atoms with E-state index in [1.807, 2.05) is 0 Å². The fourth-order valence-corrected chi connectivity index (χ4v) is 2.93. The summed E-state index contributed by atoms with van der Waals surface area (Å²) in [7, 11) is 0. The largest absolute Gasteiger partial charge is 0.351 e. The summed E-state index contributed by atoms with van der Waals surface area (Å²) in [6, 6.07) is 8.76. The summed E-state index contributed by atoms with van der Waals surface area (Å²) >= 11 is 0. The van der Waals surface area contributed by atoms with Gasteiger partial charge in [0.2, 0.25) is 5.91 Å². The number of halogens is 1. The monoisotopic (exact) mass is 280 g/mol. The number of carbonyl (C=O) groups is 1. The van der Waals surface area contributed by atoms with Gasteiger partial charge in [0.15, 0.2) is 0 Å². The van der Waals surface area contributed by atoms with E-state index in [4.69, 9.17) is 5.73 Å². The van der Waals surface area contributed by atoms with Crippen molar-refractivity contribution in [2.24, 2.45) is 5.73 Å². The van der Waals surface area contributed by atoms with Gasteiger partial charge in [0.1, 0.15) is 0 Å². The van der Waals surface area contributed by atoms with Gasteiger partial charge in [-0.2, -0.15) is 0 Å². The number of nitrogens with one attached hydrogen (secondary N) is 1. The molecule has 0 aliphatic heterocycles. The first kappa shape index (κ1) is 14.4. The molecule has 2 aliphatic rings. The predicted octanol–water partition coefficient (Wildman–Crippen LogP) is 1.96. The van der Waals surface area contributed by atoms with E-state index in [0.717, 1.165) is 38.5 Å². The lowest BCUT2D eigenvalue weighted by Crippen LogP contribution is -2.60. The molecule has 4 heteroatoms. The van der Waals surface area contributed by atoms with E-state index in [-0.39, 0.29) is 24.4 Å². The second-order valence-electron chi connectivity index (χ2n) is 5.69. The van der Waals surface area contributed by atoms with Crippen LogP contribution in [0, 0.1) is 0 Å². The Balaban J connectivity index is 0.00000133. The number of amides is 1. The summed E-state index contributed by atoms with van der Waals surface area (Å²) in [6.45, 7) is 0. The highest BCUT2D eigenvalue weighted by atomic mass is 35.5. The van der Waals surface area contributed by atoms with E-state index in [1.54, 1.807) is 0 Å². The molecule has 0 heterocycles. The zero-order valence-corrected chi connectivity index (χ0v) is 11.8. The van der Waals surface area contributed by atoms with E-state index >= 15 is 0 Å². The smallest absolute Gasteiger partial charge is 0.240 e. The lowest BCUT2D eigenvalue weighted by molar-refractivity contribution is -0.130. The molecular formula is C15H21ClN2O. The summed E-state index contributed by atoms with van der Waals surface area (Å²) in [4.78, 5) is 12.1. The lowest BCUT2D eigenvalue weighted by Gasteiger charge is -2.38. The van der Waals surface area contributed by atoms with Crippen LogP contribution in [-0.2, 0) is 17.6 Å². The Kier molecular flexibility index (Phi) is 4.16. The Bertz CT molecular complexity index is 471. The van der Waals surface area contributed by atoms with Gasteiger partial charge < -0.3 is 11.1 Å². The quantitative estimate of drug-likeness (QED) is 0.870. The minimum absolute atomic E-state index is 0. The van der Waals surface area contributed by atoms with Crippen LogP contribution in [0.3, 0.4) is 0 Å². The Morgan fingerprint density at radius 1 is 1.26 bits per heavy atom. The van der Waals surface area contributed by atoms with Gasteiger partial charge in [-0.05, 0) is 49.7 Å². The fraction of sp³-hybridized carbons (Fsp3) is 0.533. The van der Waals surface area contributed by atoms with Crippen molar-refractivity contribution in [3.8, 4) is 0 Å². The molecule has 3 rings (SSSR count). The molecular weight excluding hydrogens is 260 g/mol. The van der Waals surface area contributed by atoms with Crippen LogP contribution in [0.2, 0.25) is 0 Å². The number of hydrogen-bond acceptors (Lipinski definition) is 2. The Morgan fingerprint density at radius 3 is 2.58 bits per heavy atom. The van der Waals surface area contributed by atoms with Gasteiger partial charge in [0.25, 0.3) is 0 Å². The van der Waals surface area contributed by atoms with Crippen molar-refractivity contribution in [3.05, 3.63) is 35.4 Å².